The van der Waals surface area contributed by atoms with E-state index >= 15 is 0 Å². The summed E-state index contributed by atoms with van der Waals surface area (Å²) in [5, 5.41) is 6.09. The number of hydrogen-bond acceptors (Lipinski definition) is 6. The van der Waals surface area contributed by atoms with E-state index in [9.17, 15) is 9.59 Å². The Morgan fingerprint density at radius 1 is 0.895 bits per heavy atom. The molecule has 0 heterocycles. The highest BCUT2D eigenvalue weighted by Crippen LogP contribution is 2.28. The molecule has 0 saturated carbocycles. The molecule has 0 aliphatic heterocycles. The van der Waals surface area contributed by atoms with E-state index in [1.54, 1.807) is 54.6 Å². The summed E-state index contributed by atoms with van der Waals surface area (Å²) in [6.45, 7) is 2.54. The van der Waals surface area contributed by atoms with Gasteiger partial charge in [-0.15, -0.1) is 0 Å². The lowest BCUT2D eigenvalue weighted by Gasteiger charge is -2.11. The van der Waals surface area contributed by atoms with Gasteiger partial charge in [0, 0.05) is 5.56 Å². The average molecular weight is 531 g/mol. The van der Waals surface area contributed by atoms with Crippen LogP contribution in [0.1, 0.15) is 35.7 Å². The van der Waals surface area contributed by atoms with Gasteiger partial charge in [0.2, 0.25) is 0 Å². The predicted molar refractivity (Wildman–Crippen MR) is 148 cm³/mol. The van der Waals surface area contributed by atoms with Crippen LogP contribution in [-0.2, 0) is 4.79 Å². The van der Waals surface area contributed by atoms with Crippen molar-refractivity contribution in [2.45, 2.75) is 19.8 Å². The van der Waals surface area contributed by atoms with E-state index in [1.165, 1.54) is 6.21 Å². The minimum atomic E-state index is -0.597. The van der Waals surface area contributed by atoms with Gasteiger partial charge in [-0.05, 0) is 59.7 Å². The molecule has 4 aromatic carbocycles. The molecule has 4 aromatic rings. The number of halogens is 1. The van der Waals surface area contributed by atoms with E-state index in [1.807, 2.05) is 30.3 Å². The molecule has 0 aromatic heterocycles. The van der Waals surface area contributed by atoms with Gasteiger partial charge in [-0.3, -0.25) is 4.79 Å². The highest BCUT2D eigenvalue weighted by Gasteiger charge is 2.16. The highest BCUT2D eigenvalue weighted by atomic mass is 35.5. The lowest BCUT2D eigenvalue weighted by Crippen LogP contribution is -2.24. The second kappa shape index (κ2) is 13.3. The van der Waals surface area contributed by atoms with Crippen molar-refractivity contribution >= 4 is 40.5 Å². The molecule has 38 heavy (non-hydrogen) atoms. The van der Waals surface area contributed by atoms with Crippen LogP contribution in [0, 0.1) is 0 Å². The van der Waals surface area contributed by atoms with Crippen LogP contribution < -0.4 is 19.6 Å². The Hall–Kier alpha value is -4.36. The Labute approximate surface area is 226 Å². The quantitative estimate of drug-likeness (QED) is 0.0794. The minimum Gasteiger partial charge on any atom is -0.494 e. The number of carbonyl (C=O) groups is 2. The first-order chi connectivity index (χ1) is 18.5. The zero-order chi connectivity index (χ0) is 26.7. The number of hydrogen-bond donors (Lipinski definition) is 1. The molecule has 194 valence electrons. The molecule has 0 atom stereocenters. The van der Waals surface area contributed by atoms with Crippen LogP contribution >= 0.6 is 11.6 Å². The minimum absolute atomic E-state index is 0.225. The Balaban J connectivity index is 1.41. The van der Waals surface area contributed by atoms with Gasteiger partial charge < -0.3 is 14.2 Å². The fraction of sp³-hybridized carbons (Fsp3) is 0.167. The van der Waals surface area contributed by atoms with Crippen molar-refractivity contribution in [1.82, 2.24) is 5.43 Å². The zero-order valence-corrected chi connectivity index (χ0v) is 21.6. The number of ether oxygens (including phenoxy) is 3. The molecule has 0 aliphatic carbocycles. The van der Waals surface area contributed by atoms with Crippen molar-refractivity contribution in [2.24, 2.45) is 5.10 Å². The molecular weight excluding hydrogens is 504 g/mol. The SMILES string of the molecule is CCCCOc1ccc(OCC(=O)N/N=C\c2c(OC(=O)c3ccccc3Cl)ccc3ccccc23)cc1. The topological polar surface area (TPSA) is 86.2 Å². The van der Waals surface area contributed by atoms with Gasteiger partial charge in [-0.25, -0.2) is 10.2 Å². The van der Waals surface area contributed by atoms with Crippen LogP contribution in [0.2, 0.25) is 5.02 Å². The van der Waals surface area contributed by atoms with Crippen molar-refractivity contribution in [1.29, 1.82) is 0 Å². The third-order valence-corrected chi connectivity index (χ3v) is 5.90. The van der Waals surface area contributed by atoms with Gasteiger partial charge >= 0.3 is 5.97 Å². The molecule has 0 unspecified atom stereocenters. The molecule has 0 fully saturated rings. The molecule has 8 heteroatoms. The Morgan fingerprint density at radius 3 is 2.37 bits per heavy atom. The van der Waals surface area contributed by atoms with E-state index in [-0.39, 0.29) is 17.9 Å². The van der Waals surface area contributed by atoms with E-state index < -0.39 is 11.9 Å². The second-order valence-corrected chi connectivity index (χ2v) is 8.73. The largest absolute Gasteiger partial charge is 0.494 e. The van der Waals surface area contributed by atoms with E-state index in [4.69, 9.17) is 25.8 Å². The summed E-state index contributed by atoms with van der Waals surface area (Å²) in [7, 11) is 0. The van der Waals surface area contributed by atoms with Crippen molar-refractivity contribution in [3.05, 3.63) is 101 Å². The summed E-state index contributed by atoms with van der Waals surface area (Å²) >= 11 is 6.15. The standard InChI is InChI=1S/C30H27ClN2O5/c1-2-3-18-36-22-13-15-23(16-14-22)37-20-29(34)33-32-19-26-24-9-5-4-8-21(24)12-17-28(26)38-30(35)25-10-6-7-11-27(25)31/h4-17,19H,2-3,18,20H2,1H3,(H,33,34)/b32-19-. The van der Waals surface area contributed by atoms with Gasteiger partial charge in [0.25, 0.3) is 5.91 Å². The first-order valence-electron chi connectivity index (χ1n) is 12.2. The lowest BCUT2D eigenvalue weighted by molar-refractivity contribution is -0.123. The van der Waals surface area contributed by atoms with Gasteiger partial charge in [0.15, 0.2) is 6.61 Å². The fourth-order valence-electron chi connectivity index (χ4n) is 3.60. The maximum absolute atomic E-state index is 12.8. The fourth-order valence-corrected chi connectivity index (χ4v) is 3.81. The smallest absolute Gasteiger partial charge is 0.345 e. The molecular formula is C30H27ClN2O5. The van der Waals surface area contributed by atoms with Crippen molar-refractivity contribution in [3.8, 4) is 17.2 Å². The number of amides is 1. The molecule has 1 amide bonds. The zero-order valence-electron chi connectivity index (χ0n) is 20.9. The highest BCUT2D eigenvalue weighted by molar-refractivity contribution is 6.33. The molecule has 0 spiro atoms. The number of hydrazone groups is 1. The van der Waals surface area contributed by atoms with Crippen molar-refractivity contribution in [3.63, 3.8) is 0 Å². The molecule has 4 rings (SSSR count). The molecule has 1 N–H and O–H groups in total. The number of nitrogens with one attached hydrogen (secondary N) is 1. The maximum atomic E-state index is 12.8. The first kappa shape index (κ1) is 26.7. The number of carbonyl (C=O) groups excluding carboxylic acids is 2. The Morgan fingerprint density at radius 2 is 1.61 bits per heavy atom. The summed E-state index contributed by atoms with van der Waals surface area (Å²) in [5.74, 6) is 0.527. The van der Waals surface area contributed by atoms with Crippen LogP contribution in [0.4, 0.5) is 0 Å². The number of fused-ring (bicyclic) bond motifs is 1. The maximum Gasteiger partial charge on any atom is 0.345 e. The van der Waals surface area contributed by atoms with Crippen LogP contribution in [0.3, 0.4) is 0 Å². The summed E-state index contributed by atoms with van der Waals surface area (Å²) in [6.07, 6.45) is 3.50. The average Bonchev–Trinajstić information content (AvgIpc) is 2.94. The third-order valence-electron chi connectivity index (χ3n) is 5.57. The van der Waals surface area contributed by atoms with E-state index in [0.29, 0.717) is 22.9 Å². The molecule has 0 saturated heterocycles. The van der Waals surface area contributed by atoms with Gasteiger partial charge in [0.1, 0.15) is 17.2 Å². The number of rotatable bonds is 11. The monoisotopic (exact) mass is 530 g/mol. The predicted octanol–water partition coefficient (Wildman–Crippen LogP) is 6.42. The number of esters is 1. The van der Waals surface area contributed by atoms with Crippen molar-refractivity contribution in [2.75, 3.05) is 13.2 Å². The Kier molecular flexibility index (Phi) is 9.32. The number of nitrogens with zero attached hydrogens (tertiary/aromatic N) is 1. The summed E-state index contributed by atoms with van der Waals surface area (Å²) < 4.78 is 16.8. The molecule has 0 bridgehead atoms. The first-order valence-corrected chi connectivity index (χ1v) is 12.6. The van der Waals surface area contributed by atoms with Crippen LogP contribution in [0.15, 0.2) is 90.0 Å². The van der Waals surface area contributed by atoms with Crippen LogP contribution in [0.5, 0.6) is 17.2 Å². The van der Waals surface area contributed by atoms with Crippen LogP contribution in [0.25, 0.3) is 10.8 Å². The molecule has 7 nitrogen and oxygen atoms in total. The third kappa shape index (κ3) is 7.11. The number of benzene rings is 4. The molecule has 0 radical (unpaired) electrons. The number of unbranched alkanes of at least 4 members (excludes halogenated alkanes) is 1. The van der Waals surface area contributed by atoms with Crippen molar-refractivity contribution < 1.29 is 23.8 Å². The Bertz CT molecular complexity index is 1440. The van der Waals surface area contributed by atoms with Crippen LogP contribution in [-0.4, -0.2) is 31.3 Å². The summed E-state index contributed by atoms with van der Waals surface area (Å²) in [6, 6.07) is 24.8. The van der Waals surface area contributed by atoms with E-state index in [0.717, 1.165) is 29.4 Å². The second-order valence-electron chi connectivity index (χ2n) is 8.32. The summed E-state index contributed by atoms with van der Waals surface area (Å²) in [5.41, 5.74) is 3.23. The summed E-state index contributed by atoms with van der Waals surface area (Å²) in [4.78, 5) is 25.1. The van der Waals surface area contributed by atoms with Gasteiger partial charge in [-0.2, -0.15) is 5.10 Å². The van der Waals surface area contributed by atoms with Gasteiger partial charge in [0.05, 0.1) is 23.4 Å². The molecule has 0 aliphatic rings. The normalized spacial score (nSPS) is 10.9. The lowest BCUT2D eigenvalue weighted by atomic mass is 10.0. The van der Waals surface area contributed by atoms with E-state index in [2.05, 4.69) is 17.5 Å². The van der Waals surface area contributed by atoms with Gasteiger partial charge in [-0.1, -0.05) is 67.4 Å².